The van der Waals surface area contributed by atoms with E-state index in [-0.39, 0.29) is 58.6 Å². The van der Waals surface area contributed by atoms with Crippen molar-refractivity contribution >= 4 is 22.8 Å². The van der Waals surface area contributed by atoms with Crippen LogP contribution in [-0.2, 0) is 16.1 Å². The van der Waals surface area contributed by atoms with Crippen LogP contribution in [0.3, 0.4) is 0 Å². The number of likely N-dealkylation sites (tertiary alicyclic amines) is 1. The van der Waals surface area contributed by atoms with Crippen molar-refractivity contribution in [1.82, 2.24) is 24.6 Å². The highest BCUT2D eigenvalue weighted by atomic mass is 19.2. The van der Waals surface area contributed by atoms with Gasteiger partial charge in [-0.05, 0) is 55.9 Å². The van der Waals surface area contributed by atoms with E-state index < -0.39 is 17.5 Å². The topological polar surface area (TPSA) is 132 Å². The Kier molecular flexibility index (Phi) is 8.17. The van der Waals surface area contributed by atoms with E-state index in [1.165, 1.54) is 30.6 Å². The number of rotatable bonds is 7. The van der Waals surface area contributed by atoms with Crippen molar-refractivity contribution in [2.75, 3.05) is 25.5 Å². The number of halogens is 3. The summed E-state index contributed by atoms with van der Waals surface area (Å²) in [7, 11) is 0. The molecule has 2 aliphatic rings. The lowest BCUT2D eigenvalue weighted by molar-refractivity contribution is -0.127. The minimum atomic E-state index is -1.19. The predicted octanol–water partition coefficient (Wildman–Crippen LogP) is 5.15. The minimum Gasteiger partial charge on any atom is -0.454 e. The number of benzene rings is 2. The zero-order chi connectivity index (χ0) is 30.8. The van der Waals surface area contributed by atoms with Crippen molar-refractivity contribution in [1.29, 1.82) is 5.26 Å². The second-order valence-corrected chi connectivity index (χ2v) is 10.7. The van der Waals surface area contributed by atoms with Gasteiger partial charge in [-0.25, -0.2) is 23.4 Å². The smallest absolute Gasteiger partial charge is 0.264 e. The van der Waals surface area contributed by atoms with Gasteiger partial charge in [0.15, 0.2) is 17.2 Å². The highest BCUT2D eigenvalue weighted by Crippen LogP contribution is 2.35. The van der Waals surface area contributed by atoms with E-state index in [4.69, 9.17) is 15.2 Å². The number of ether oxygens (including phenoxy) is 2. The molecular formula is C31H28F3N7O3. The fraction of sp³-hybridized carbons (Fsp3) is 0.323. The summed E-state index contributed by atoms with van der Waals surface area (Å²) in [5.74, 6) is -3.59. The van der Waals surface area contributed by atoms with Crippen molar-refractivity contribution in [2.45, 2.75) is 38.3 Å². The van der Waals surface area contributed by atoms with Gasteiger partial charge in [-0.15, -0.1) is 0 Å². The maximum absolute atomic E-state index is 15.5. The summed E-state index contributed by atoms with van der Waals surface area (Å²) in [4.78, 5) is 23.6. The molecule has 0 saturated carbocycles. The first-order valence-electron chi connectivity index (χ1n) is 14.2. The zero-order valence-corrected chi connectivity index (χ0v) is 23.5. The van der Waals surface area contributed by atoms with E-state index in [0.717, 1.165) is 31.4 Å². The first-order valence-corrected chi connectivity index (χ1v) is 14.2. The van der Waals surface area contributed by atoms with E-state index in [1.807, 2.05) is 0 Å². The molecule has 44 heavy (non-hydrogen) atoms. The molecule has 2 aliphatic heterocycles. The number of nitrogens with two attached hydrogens (primary N) is 1. The number of nitrogens with zero attached hydrogens (tertiary/aromatic N) is 6. The largest absolute Gasteiger partial charge is 0.454 e. The molecule has 1 atom stereocenters. The van der Waals surface area contributed by atoms with Crippen LogP contribution < -0.4 is 10.5 Å². The van der Waals surface area contributed by atoms with E-state index in [2.05, 4.69) is 21.1 Å². The van der Waals surface area contributed by atoms with Gasteiger partial charge in [0.1, 0.15) is 41.0 Å². The average molecular weight is 604 g/mol. The minimum absolute atomic E-state index is 0.0501. The summed E-state index contributed by atoms with van der Waals surface area (Å²) in [6.45, 7) is 1.92. The van der Waals surface area contributed by atoms with Gasteiger partial charge in [-0.3, -0.25) is 4.79 Å². The quantitative estimate of drug-likeness (QED) is 0.227. The molecule has 2 fully saturated rings. The molecule has 2 aromatic heterocycles. The number of amides is 1. The number of hydrogen-bond donors (Lipinski definition) is 1. The molecule has 2 saturated heterocycles. The number of carbonyl (C=O) groups excluding carboxylic acids is 1. The summed E-state index contributed by atoms with van der Waals surface area (Å²) in [5.41, 5.74) is 6.91. The first kappa shape index (κ1) is 29.1. The molecule has 2 N–H and O–H groups in total. The van der Waals surface area contributed by atoms with Crippen LogP contribution in [0.2, 0.25) is 0 Å². The number of nitriles is 1. The molecule has 4 heterocycles. The molecule has 6 rings (SSSR count). The van der Waals surface area contributed by atoms with Crippen LogP contribution in [0.4, 0.5) is 19.0 Å². The third-order valence-electron chi connectivity index (χ3n) is 7.94. The Morgan fingerprint density at radius 3 is 2.73 bits per heavy atom. The molecule has 0 radical (unpaired) electrons. The van der Waals surface area contributed by atoms with E-state index in [1.54, 1.807) is 15.7 Å². The van der Waals surface area contributed by atoms with Gasteiger partial charge in [0, 0.05) is 31.4 Å². The molecule has 2 aromatic carbocycles. The second-order valence-electron chi connectivity index (χ2n) is 10.7. The van der Waals surface area contributed by atoms with Crippen molar-refractivity contribution in [2.24, 2.45) is 5.92 Å². The summed E-state index contributed by atoms with van der Waals surface area (Å²) < 4.78 is 55.5. The van der Waals surface area contributed by atoms with Crippen molar-refractivity contribution in [3.63, 3.8) is 0 Å². The van der Waals surface area contributed by atoms with Crippen LogP contribution in [0.1, 0.15) is 25.7 Å². The van der Waals surface area contributed by atoms with Crippen LogP contribution in [-0.4, -0.2) is 56.4 Å². The van der Waals surface area contributed by atoms with Crippen LogP contribution in [0, 0.1) is 34.7 Å². The standard InChI is InChI=1S/C31H28F3N7O3/c32-23-4-1-5-25(27(23)34)44-21-6-7-22(24(33)14-21)28-26-29(36)37-17-38-30(26)41(39-28)16-20-3-2-10-40(20)31(42)19(15-35)13-18-8-11-43-12-9-18/h1,4-7,13-14,17-18,20H,2-3,8-12,16H2,(H2,36,37,38)/t20-/m1/s1. The molecule has 0 spiro atoms. The van der Waals surface area contributed by atoms with Crippen LogP contribution in [0.15, 0.2) is 54.4 Å². The second kappa shape index (κ2) is 12.3. The zero-order valence-electron chi connectivity index (χ0n) is 23.5. The number of hydrogen-bond acceptors (Lipinski definition) is 8. The molecule has 0 unspecified atom stereocenters. The summed E-state index contributed by atoms with van der Waals surface area (Å²) in [6.07, 6.45) is 5.98. The Labute approximate surface area is 250 Å². The molecule has 4 aromatic rings. The van der Waals surface area contributed by atoms with Gasteiger partial charge in [0.2, 0.25) is 5.82 Å². The van der Waals surface area contributed by atoms with Gasteiger partial charge in [0.05, 0.1) is 18.0 Å². The van der Waals surface area contributed by atoms with Crippen molar-refractivity contribution in [3.8, 4) is 28.8 Å². The Balaban J connectivity index is 1.29. The third kappa shape index (κ3) is 5.68. The van der Waals surface area contributed by atoms with Crippen LogP contribution in [0.25, 0.3) is 22.3 Å². The maximum Gasteiger partial charge on any atom is 0.264 e. The molecule has 13 heteroatoms. The fourth-order valence-corrected chi connectivity index (χ4v) is 5.71. The Bertz CT molecular complexity index is 1800. The highest BCUT2D eigenvalue weighted by Gasteiger charge is 2.33. The Morgan fingerprint density at radius 1 is 1.14 bits per heavy atom. The number of fused-ring (bicyclic) bond motifs is 1. The van der Waals surface area contributed by atoms with Gasteiger partial charge in [-0.1, -0.05) is 12.1 Å². The monoisotopic (exact) mass is 603 g/mol. The predicted molar refractivity (Wildman–Crippen MR) is 154 cm³/mol. The molecule has 0 bridgehead atoms. The lowest BCUT2D eigenvalue weighted by Gasteiger charge is -2.25. The average Bonchev–Trinajstić information content (AvgIpc) is 3.64. The SMILES string of the molecule is N#CC(=CC1CCOCC1)C(=O)N1CCC[C@@H]1Cn1nc(-c2ccc(Oc3cccc(F)c3F)cc2F)c2c(N)ncnc21. The van der Waals surface area contributed by atoms with Crippen LogP contribution in [0.5, 0.6) is 11.5 Å². The molecule has 0 aliphatic carbocycles. The number of aromatic nitrogens is 4. The van der Waals surface area contributed by atoms with E-state index in [9.17, 15) is 18.8 Å². The molecule has 1 amide bonds. The maximum atomic E-state index is 15.5. The van der Waals surface area contributed by atoms with Crippen molar-refractivity contribution < 1.29 is 27.4 Å². The molecule has 10 nitrogen and oxygen atoms in total. The van der Waals surface area contributed by atoms with Crippen molar-refractivity contribution in [3.05, 3.63) is 71.8 Å². The van der Waals surface area contributed by atoms with Crippen LogP contribution >= 0.6 is 0 Å². The van der Waals surface area contributed by atoms with Gasteiger partial charge in [-0.2, -0.15) is 14.8 Å². The Hall–Kier alpha value is -4.96. The summed E-state index contributed by atoms with van der Waals surface area (Å²) in [5, 5.41) is 14.8. The first-order chi connectivity index (χ1) is 21.3. The summed E-state index contributed by atoms with van der Waals surface area (Å²) in [6, 6.07) is 9.09. The molecular weight excluding hydrogens is 575 g/mol. The number of nitrogen functional groups attached to an aromatic ring is 1. The number of carbonyl (C=O) groups is 1. The summed E-state index contributed by atoms with van der Waals surface area (Å²) >= 11 is 0. The van der Waals surface area contributed by atoms with Gasteiger partial charge >= 0.3 is 0 Å². The number of allylic oxidation sites excluding steroid dienone is 1. The number of anilines is 1. The Morgan fingerprint density at radius 2 is 1.95 bits per heavy atom. The van der Waals surface area contributed by atoms with E-state index in [0.29, 0.717) is 37.2 Å². The lowest BCUT2D eigenvalue weighted by atomic mass is 9.97. The lowest BCUT2D eigenvalue weighted by Crippen LogP contribution is -2.39. The fourth-order valence-electron chi connectivity index (χ4n) is 5.71. The molecule has 226 valence electrons. The normalized spacial score (nSPS) is 17.6. The third-order valence-corrected chi connectivity index (χ3v) is 7.94. The highest BCUT2D eigenvalue weighted by molar-refractivity contribution is 5.99. The van der Waals surface area contributed by atoms with E-state index >= 15 is 4.39 Å². The van der Waals surface area contributed by atoms with Gasteiger partial charge < -0.3 is 20.1 Å². The van der Waals surface area contributed by atoms with Gasteiger partial charge in [0.25, 0.3) is 5.91 Å².